The van der Waals surface area contributed by atoms with E-state index in [4.69, 9.17) is 0 Å². The summed E-state index contributed by atoms with van der Waals surface area (Å²) in [4.78, 5) is 27.4. The van der Waals surface area contributed by atoms with Crippen LogP contribution in [0.15, 0.2) is 0 Å². The first-order valence-electron chi connectivity index (χ1n) is 8.63. The van der Waals surface area contributed by atoms with Crippen LogP contribution < -0.4 is 0 Å². The van der Waals surface area contributed by atoms with Gasteiger partial charge in [-0.3, -0.25) is 4.79 Å². The fourth-order valence-electron chi connectivity index (χ4n) is 2.88. The number of carbonyl (C=O) groups is 2. The molecule has 0 bridgehead atoms. The Morgan fingerprint density at radius 2 is 1.71 bits per heavy atom. The molecular formula is C17H32N2O2. The quantitative estimate of drug-likeness (QED) is 0.582. The molecule has 21 heavy (non-hydrogen) atoms. The van der Waals surface area contributed by atoms with Crippen LogP contribution in [0.1, 0.15) is 65.2 Å². The van der Waals surface area contributed by atoms with E-state index in [2.05, 4.69) is 4.90 Å². The van der Waals surface area contributed by atoms with E-state index in [0.717, 1.165) is 38.9 Å². The fourth-order valence-corrected chi connectivity index (χ4v) is 2.88. The van der Waals surface area contributed by atoms with Gasteiger partial charge in [0.1, 0.15) is 5.78 Å². The maximum absolute atomic E-state index is 12.0. The Kier molecular flexibility index (Phi) is 9.31. The van der Waals surface area contributed by atoms with Crippen LogP contribution in [-0.2, 0) is 9.59 Å². The Labute approximate surface area is 129 Å². The van der Waals surface area contributed by atoms with E-state index in [0.29, 0.717) is 12.8 Å². The number of unbranched alkanes of at least 4 members (excludes halogenated alkanes) is 2. The van der Waals surface area contributed by atoms with Crippen LogP contribution in [0.25, 0.3) is 0 Å². The highest BCUT2D eigenvalue weighted by Gasteiger charge is 2.14. The molecule has 0 aromatic carbocycles. The zero-order valence-electron chi connectivity index (χ0n) is 13.9. The maximum atomic E-state index is 12.0. The van der Waals surface area contributed by atoms with E-state index in [1.165, 1.54) is 32.4 Å². The van der Waals surface area contributed by atoms with Crippen molar-refractivity contribution in [1.29, 1.82) is 0 Å². The maximum Gasteiger partial charge on any atom is 0.222 e. The first kappa shape index (κ1) is 18.1. The largest absolute Gasteiger partial charge is 0.341 e. The summed E-state index contributed by atoms with van der Waals surface area (Å²) >= 11 is 0. The Bertz CT molecular complexity index is 312. The van der Waals surface area contributed by atoms with E-state index in [-0.39, 0.29) is 11.7 Å². The second-order valence-corrected chi connectivity index (χ2v) is 6.15. The molecule has 1 aliphatic rings. The van der Waals surface area contributed by atoms with Crippen molar-refractivity contribution >= 4 is 11.7 Å². The van der Waals surface area contributed by atoms with Crippen molar-refractivity contribution in [3.05, 3.63) is 0 Å². The number of nitrogens with zero attached hydrogens (tertiary/aromatic N) is 2. The Hall–Kier alpha value is -0.900. The molecule has 1 heterocycles. The molecule has 4 heteroatoms. The monoisotopic (exact) mass is 296 g/mol. The van der Waals surface area contributed by atoms with Crippen molar-refractivity contribution < 1.29 is 9.59 Å². The molecule has 0 aromatic rings. The molecule has 1 fully saturated rings. The molecule has 1 amide bonds. The lowest BCUT2D eigenvalue weighted by Gasteiger charge is -2.30. The van der Waals surface area contributed by atoms with Gasteiger partial charge in [-0.25, -0.2) is 0 Å². The summed E-state index contributed by atoms with van der Waals surface area (Å²) in [5.74, 6) is 0.528. The number of piperidine rings is 1. The van der Waals surface area contributed by atoms with Crippen LogP contribution in [0.3, 0.4) is 0 Å². The average Bonchev–Trinajstić information content (AvgIpc) is 2.50. The molecule has 0 spiro atoms. The van der Waals surface area contributed by atoms with Crippen molar-refractivity contribution in [2.45, 2.75) is 65.2 Å². The molecule has 0 saturated carbocycles. The molecule has 1 rings (SSSR count). The van der Waals surface area contributed by atoms with Crippen LogP contribution in [0.2, 0.25) is 0 Å². The van der Waals surface area contributed by atoms with Crippen LogP contribution in [0.5, 0.6) is 0 Å². The van der Waals surface area contributed by atoms with Crippen molar-refractivity contribution in [2.75, 3.05) is 32.7 Å². The highest BCUT2D eigenvalue weighted by Crippen LogP contribution is 2.09. The first-order valence-corrected chi connectivity index (χ1v) is 8.63. The number of hydrogen-bond acceptors (Lipinski definition) is 3. The van der Waals surface area contributed by atoms with Gasteiger partial charge >= 0.3 is 0 Å². The van der Waals surface area contributed by atoms with Gasteiger partial charge in [0.15, 0.2) is 0 Å². The van der Waals surface area contributed by atoms with Gasteiger partial charge in [0.05, 0.1) is 0 Å². The first-order chi connectivity index (χ1) is 10.1. The Morgan fingerprint density at radius 1 is 1.00 bits per heavy atom. The van der Waals surface area contributed by atoms with E-state index in [1.54, 1.807) is 6.92 Å². The molecule has 0 aliphatic carbocycles. The molecule has 1 saturated heterocycles. The van der Waals surface area contributed by atoms with Gasteiger partial charge in [0, 0.05) is 32.5 Å². The predicted octanol–water partition coefficient (Wildman–Crippen LogP) is 2.86. The average molecular weight is 296 g/mol. The SMILES string of the molecule is CCC(=O)N(CCCCCC(C)=O)CCN1CCCCC1. The summed E-state index contributed by atoms with van der Waals surface area (Å²) in [7, 11) is 0. The van der Waals surface area contributed by atoms with Gasteiger partial charge in [-0.1, -0.05) is 19.8 Å². The molecule has 0 atom stereocenters. The second-order valence-electron chi connectivity index (χ2n) is 6.15. The predicted molar refractivity (Wildman–Crippen MR) is 86.3 cm³/mol. The van der Waals surface area contributed by atoms with Gasteiger partial charge < -0.3 is 14.6 Å². The Balaban J connectivity index is 2.23. The standard InChI is InChI=1S/C17H32N2O2/c1-3-17(21)19(13-9-4-6-10-16(2)20)15-14-18-11-7-5-8-12-18/h3-15H2,1-2H3. The zero-order valence-corrected chi connectivity index (χ0v) is 13.9. The van der Waals surface area contributed by atoms with Gasteiger partial charge in [-0.15, -0.1) is 0 Å². The summed E-state index contributed by atoms with van der Waals surface area (Å²) in [6.07, 6.45) is 8.22. The van der Waals surface area contributed by atoms with Gasteiger partial charge in [-0.2, -0.15) is 0 Å². The number of carbonyl (C=O) groups excluding carboxylic acids is 2. The normalized spacial score (nSPS) is 15.9. The number of hydrogen-bond donors (Lipinski definition) is 0. The van der Waals surface area contributed by atoms with Crippen molar-refractivity contribution in [3.8, 4) is 0 Å². The summed E-state index contributed by atoms with van der Waals surface area (Å²) in [6.45, 7) is 8.67. The van der Waals surface area contributed by atoms with Crippen LogP contribution in [0.4, 0.5) is 0 Å². The number of ketones is 1. The third-order valence-corrected chi connectivity index (χ3v) is 4.25. The van der Waals surface area contributed by atoms with Gasteiger partial charge in [-0.05, 0) is 45.7 Å². The second kappa shape index (κ2) is 10.8. The van der Waals surface area contributed by atoms with Gasteiger partial charge in [0.2, 0.25) is 5.91 Å². The van der Waals surface area contributed by atoms with Crippen molar-refractivity contribution in [2.24, 2.45) is 0 Å². The van der Waals surface area contributed by atoms with Crippen molar-refractivity contribution in [3.63, 3.8) is 0 Å². The fraction of sp³-hybridized carbons (Fsp3) is 0.882. The molecule has 1 aliphatic heterocycles. The molecule has 0 radical (unpaired) electrons. The number of Topliss-reactive ketones (excluding diaryl/α,β-unsaturated/α-hetero) is 1. The minimum absolute atomic E-state index is 0.263. The van der Waals surface area contributed by atoms with Crippen LogP contribution in [-0.4, -0.2) is 54.2 Å². The lowest BCUT2D eigenvalue weighted by Crippen LogP contribution is -2.40. The highest BCUT2D eigenvalue weighted by molar-refractivity contribution is 5.76. The third-order valence-electron chi connectivity index (χ3n) is 4.25. The summed E-state index contributed by atoms with van der Waals surface area (Å²) in [6, 6.07) is 0. The smallest absolute Gasteiger partial charge is 0.222 e. The lowest BCUT2D eigenvalue weighted by atomic mass is 10.1. The zero-order chi connectivity index (χ0) is 15.5. The molecule has 4 nitrogen and oxygen atoms in total. The van der Waals surface area contributed by atoms with Crippen LogP contribution >= 0.6 is 0 Å². The molecular weight excluding hydrogens is 264 g/mol. The molecule has 0 aromatic heterocycles. The minimum atomic E-state index is 0.263. The molecule has 122 valence electrons. The minimum Gasteiger partial charge on any atom is -0.341 e. The highest BCUT2D eigenvalue weighted by atomic mass is 16.2. The van der Waals surface area contributed by atoms with Gasteiger partial charge in [0.25, 0.3) is 0 Å². The summed E-state index contributed by atoms with van der Waals surface area (Å²) < 4.78 is 0. The van der Waals surface area contributed by atoms with E-state index in [1.807, 2.05) is 11.8 Å². The summed E-state index contributed by atoms with van der Waals surface area (Å²) in [5, 5.41) is 0. The lowest BCUT2D eigenvalue weighted by molar-refractivity contribution is -0.131. The molecule has 0 unspecified atom stereocenters. The third kappa shape index (κ3) is 8.20. The number of rotatable bonds is 10. The topological polar surface area (TPSA) is 40.6 Å². The van der Waals surface area contributed by atoms with E-state index in [9.17, 15) is 9.59 Å². The Morgan fingerprint density at radius 3 is 2.33 bits per heavy atom. The summed E-state index contributed by atoms with van der Waals surface area (Å²) in [5.41, 5.74) is 0. The molecule has 0 N–H and O–H groups in total. The van der Waals surface area contributed by atoms with E-state index >= 15 is 0 Å². The van der Waals surface area contributed by atoms with E-state index < -0.39 is 0 Å². The van der Waals surface area contributed by atoms with Crippen molar-refractivity contribution in [1.82, 2.24) is 9.80 Å². The number of likely N-dealkylation sites (tertiary alicyclic amines) is 1. The van der Waals surface area contributed by atoms with Crippen LogP contribution in [0, 0.1) is 0 Å². The number of amides is 1.